The average molecular weight is 363 g/mol. The van der Waals surface area contributed by atoms with Crippen molar-refractivity contribution in [2.75, 3.05) is 6.61 Å². The van der Waals surface area contributed by atoms with Crippen LogP contribution in [-0.2, 0) is 16.1 Å². The minimum atomic E-state index is -0.528. The van der Waals surface area contributed by atoms with Gasteiger partial charge in [0.25, 0.3) is 0 Å². The fraction of sp³-hybridized carbons (Fsp3) is 0.333. The maximum absolute atomic E-state index is 10.1. The maximum atomic E-state index is 10.1. The Morgan fingerprint density at radius 1 is 1.05 bits per heavy atom. The van der Waals surface area contributed by atoms with Crippen LogP contribution in [0, 0.1) is 0 Å². The molecule has 0 aliphatic carbocycles. The zero-order valence-electron chi connectivity index (χ0n) is 12.3. The van der Waals surface area contributed by atoms with Gasteiger partial charge in [-0.1, -0.05) is 0 Å². The van der Waals surface area contributed by atoms with Gasteiger partial charge < -0.3 is 0 Å². The SMILES string of the molecule is O[C@@H]1CO[C@@H](C[Se]c2ccccc2)[C@H]1OCc1ccccc1. The number of aliphatic hydroxyl groups excluding tert-OH is 1. The van der Waals surface area contributed by atoms with Crippen LogP contribution in [0.25, 0.3) is 0 Å². The summed E-state index contributed by atoms with van der Waals surface area (Å²) in [6.45, 7) is 0.885. The number of ether oxygens (including phenoxy) is 2. The van der Waals surface area contributed by atoms with Gasteiger partial charge in [0.2, 0.25) is 0 Å². The summed E-state index contributed by atoms with van der Waals surface area (Å²) in [5, 5.41) is 11.0. The molecule has 4 heteroatoms. The third-order valence-corrected chi connectivity index (χ3v) is 5.98. The predicted molar refractivity (Wildman–Crippen MR) is 87.4 cm³/mol. The van der Waals surface area contributed by atoms with E-state index in [-0.39, 0.29) is 12.2 Å². The van der Waals surface area contributed by atoms with Crippen LogP contribution in [0.2, 0.25) is 5.32 Å². The number of rotatable bonds is 6. The predicted octanol–water partition coefficient (Wildman–Crippen LogP) is 1.78. The first-order valence-electron chi connectivity index (χ1n) is 7.46. The van der Waals surface area contributed by atoms with Gasteiger partial charge in [0, 0.05) is 0 Å². The molecule has 3 nitrogen and oxygen atoms in total. The van der Waals surface area contributed by atoms with Crippen LogP contribution in [0.3, 0.4) is 0 Å². The Balaban J connectivity index is 1.54. The summed E-state index contributed by atoms with van der Waals surface area (Å²) in [4.78, 5) is 0. The van der Waals surface area contributed by atoms with E-state index >= 15 is 0 Å². The molecular formula is C18H20O3Se. The van der Waals surface area contributed by atoms with Gasteiger partial charge in [-0.3, -0.25) is 0 Å². The monoisotopic (exact) mass is 364 g/mol. The van der Waals surface area contributed by atoms with Gasteiger partial charge in [0.05, 0.1) is 0 Å². The van der Waals surface area contributed by atoms with Crippen molar-refractivity contribution in [2.24, 2.45) is 0 Å². The van der Waals surface area contributed by atoms with Crippen molar-refractivity contribution in [3.63, 3.8) is 0 Å². The van der Waals surface area contributed by atoms with E-state index in [2.05, 4.69) is 24.3 Å². The Hall–Kier alpha value is -1.16. The Labute approximate surface area is 137 Å². The van der Waals surface area contributed by atoms with Crippen LogP contribution < -0.4 is 4.46 Å². The molecule has 2 aromatic rings. The number of hydrogen-bond acceptors (Lipinski definition) is 3. The molecule has 116 valence electrons. The molecule has 0 bridgehead atoms. The first-order chi connectivity index (χ1) is 10.8. The molecule has 1 saturated heterocycles. The summed E-state index contributed by atoms with van der Waals surface area (Å²) in [5.74, 6) is 0. The number of aliphatic hydroxyl groups is 1. The molecule has 0 spiro atoms. The van der Waals surface area contributed by atoms with Crippen molar-refractivity contribution in [2.45, 2.75) is 30.2 Å². The zero-order chi connectivity index (χ0) is 15.2. The molecule has 1 fully saturated rings. The fourth-order valence-electron chi connectivity index (χ4n) is 2.48. The number of benzene rings is 2. The second-order valence-electron chi connectivity index (χ2n) is 5.32. The number of hydrogen-bond donors (Lipinski definition) is 1. The summed E-state index contributed by atoms with van der Waals surface area (Å²) in [6.07, 6.45) is -0.773. The summed E-state index contributed by atoms with van der Waals surface area (Å²) in [6, 6.07) is 20.5. The minimum absolute atomic E-state index is 0.0149. The third kappa shape index (κ3) is 4.19. The van der Waals surface area contributed by atoms with Crippen LogP contribution in [0.15, 0.2) is 60.7 Å². The molecule has 1 heterocycles. The Morgan fingerprint density at radius 2 is 1.73 bits per heavy atom. The molecule has 0 unspecified atom stereocenters. The van der Waals surface area contributed by atoms with Crippen molar-refractivity contribution < 1.29 is 14.6 Å². The van der Waals surface area contributed by atoms with Crippen LogP contribution in [0.5, 0.6) is 0 Å². The zero-order valence-corrected chi connectivity index (χ0v) is 14.0. The van der Waals surface area contributed by atoms with Crippen molar-refractivity contribution in [3.05, 3.63) is 66.2 Å². The molecule has 3 rings (SSSR count). The summed E-state index contributed by atoms with van der Waals surface area (Å²) < 4.78 is 13.0. The molecular weight excluding hydrogens is 343 g/mol. The van der Waals surface area contributed by atoms with E-state index in [1.807, 2.05) is 36.4 Å². The molecule has 0 amide bonds. The Kier molecular flexibility index (Phi) is 5.65. The molecule has 1 aliphatic rings. The van der Waals surface area contributed by atoms with E-state index in [9.17, 15) is 5.11 Å². The van der Waals surface area contributed by atoms with E-state index < -0.39 is 6.10 Å². The van der Waals surface area contributed by atoms with Crippen LogP contribution in [0.4, 0.5) is 0 Å². The quantitative estimate of drug-likeness (QED) is 0.796. The second-order valence-corrected chi connectivity index (χ2v) is 7.62. The van der Waals surface area contributed by atoms with Crippen molar-refractivity contribution in [1.29, 1.82) is 0 Å². The molecule has 0 aromatic heterocycles. The van der Waals surface area contributed by atoms with Gasteiger partial charge in [-0.2, -0.15) is 0 Å². The topological polar surface area (TPSA) is 38.7 Å². The van der Waals surface area contributed by atoms with Gasteiger partial charge >= 0.3 is 137 Å². The van der Waals surface area contributed by atoms with Gasteiger partial charge in [-0.05, 0) is 0 Å². The molecule has 22 heavy (non-hydrogen) atoms. The molecule has 0 radical (unpaired) electrons. The van der Waals surface area contributed by atoms with E-state index in [0.717, 1.165) is 10.9 Å². The van der Waals surface area contributed by atoms with E-state index in [1.165, 1.54) is 4.46 Å². The third-order valence-electron chi connectivity index (χ3n) is 3.67. The van der Waals surface area contributed by atoms with Gasteiger partial charge in [-0.15, -0.1) is 0 Å². The molecule has 2 aromatic carbocycles. The Morgan fingerprint density at radius 3 is 2.45 bits per heavy atom. The van der Waals surface area contributed by atoms with Crippen LogP contribution >= 0.6 is 0 Å². The normalized spacial score (nSPS) is 24.5. The summed E-state index contributed by atoms with van der Waals surface area (Å²) in [7, 11) is 0. The summed E-state index contributed by atoms with van der Waals surface area (Å²) >= 11 is 0.338. The average Bonchev–Trinajstić information content (AvgIpc) is 2.93. The van der Waals surface area contributed by atoms with Crippen molar-refractivity contribution in [1.82, 2.24) is 0 Å². The second kappa shape index (κ2) is 7.91. The van der Waals surface area contributed by atoms with Gasteiger partial charge in [-0.25, -0.2) is 0 Å². The van der Waals surface area contributed by atoms with E-state index in [0.29, 0.717) is 28.2 Å². The first kappa shape index (κ1) is 15.7. The molecule has 1 N–H and O–H groups in total. The van der Waals surface area contributed by atoms with Crippen molar-refractivity contribution >= 4 is 19.4 Å². The summed E-state index contributed by atoms with van der Waals surface area (Å²) in [5.41, 5.74) is 1.12. The fourth-order valence-corrected chi connectivity index (χ4v) is 4.56. The van der Waals surface area contributed by atoms with Crippen LogP contribution in [-0.4, -0.2) is 45.0 Å². The van der Waals surface area contributed by atoms with Gasteiger partial charge in [0.15, 0.2) is 0 Å². The molecule has 3 atom stereocenters. The van der Waals surface area contributed by atoms with E-state index in [4.69, 9.17) is 9.47 Å². The molecule has 1 aliphatic heterocycles. The first-order valence-corrected chi connectivity index (χ1v) is 9.53. The van der Waals surface area contributed by atoms with Crippen molar-refractivity contribution in [3.8, 4) is 0 Å². The Bertz CT molecular complexity index is 561. The van der Waals surface area contributed by atoms with Gasteiger partial charge in [0.1, 0.15) is 0 Å². The van der Waals surface area contributed by atoms with Crippen LogP contribution in [0.1, 0.15) is 5.56 Å². The molecule has 0 saturated carbocycles. The standard InChI is InChI=1S/C18H20O3Se/c19-16-12-20-17(13-22-15-9-5-2-6-10-15)18(16)21-11-14-7-3-1-4-8-14/h1-10,16-19H,11-13H2/t16-,17+,18+/m1/s1. The van der Waals surface area contributed by atoms with E-state index in [1.54, 1.807) is 0 Å².